The summed E-state index contributed by atoms with van der Waals surface area (Å²) < 4.78 is 6.39. The van der Waals surface area contributed by atoms with E-state index in [2.05, 4.69) is 5.16 Å². The highest BCUT2D eigenvalue weighted by atomic mass is 16.4. The van der Waals surface area contributed by atoms with Crippen LogP contribution >= 0.6 is 0 Å². The summed E-state index contributed by atoms with van der Waals surface area (Å²) in [6.45, 7) is -0.142. The molecule has 0 rings (SSSR count). The van der Waals surface area contributed by atoms with Gasteiger partial charge >= 0.3 is 0 Å². The van der Waals surface area contributed by atoms with Crippen LogP contribution in [0.25, 0.3) is 0 Å². The first-order valence-corrected chi connectivity index (χ1v) is 1.07. The average molecular weight is 75.1 g/mol. The van der Waals surface area contributed by atoms with Crippen molar-refractivity contribution in [2.45, 2.75) is 6.90 Å². The van der Waals surface area contributed by atoms with Gasteiger partial charge in [-0.15, -0.1) is 0 Å². The molecular formula is C2H6N2O. The van der Waals surface area contributed by atoms with E-state index in [0.717, 1.165) is 0 Å². The summed E-state index contributed by atoms with van der Waals surface area (Å²) in [7, 11) is 0. The highest BCUT2D eigenvalue weighted by Gasteiger charge is 1.64. The largest absolute Gasteiger partial charge is 0.409 e. The molecule has 3 nitrogen and oxygen atoms in total. The lowest BCUT2D eigenvalue weighted by Gasteiger charge is -1.73. The van der Waals surface area contributed by atoms with Gasteiger partial charge in [-0.2, -0.15) is 0 Å². The van der Waals surface area contributed by atoms with Crippen LogP contribution in [0.2, 0.25) is 0 Å². The minimum Gasteiger partial charge on any atom is -0.409 e. The molecule has 5 heavy (non-hydrogen) atoms. The van der Waals surface area contributed by atoms with Crippen LogP contribution < -0.4 is 5.73 Å². The van der Waals surface area contributed by atoms with E-state index in [1.807, 2.05) is 0 Å². The van der Waals surface area contributed by atoms with Crippen LogP contribution in [0.4, 0.5) is 0 Å². The highest BCUT2D eigenvalue weighted by molar-refractivity contribution is 5.76. The van der Waals surface area contributed by atoms with Crippen LogP contribution in [0.5, 0.6) is 0 Å². The first kappa shape index (κ1) is 2.50. The standard InChI is InChI=1S/C2H6N2O/c1-2(3)4-5/h5H,1H3,(H2,3,4)/i1D. The Hall–Kier alpha value is -0.730. The molecule has 3 heteroatoms. The Balaban J connectivity index is 3.22. The van der Waals surface area contributed by atoms with Crippen molar-refractivity contribution in [1.82, 2.24) is 0 Å². The molecule has 0 aromatic heterocycles. The molecule has 0 atom stereocenters. The fourth-order valence-electron chi connectivity index (χ4n) is 0. The summed E-state index contributed by atoms with van der Waals surface area (Å²) in [6, 6.07) is 0. The second-order valence-corrected chi connectivity index (χ2v) is 0.591. The molecular weight excluding hydrogens is 68.0 g/mol. The Morgan fingerprint density at radius 3 is 3.00 bits per heavy atom. The predicted molar refractivity (Wildman–Crippen MR) is 19.1 cm³/mol. The summed E-state index contributed by atoms with van der Waals surface area (Å²) >= 11 is 0. The van der Waals surface area contributed by atoms with Crippen molar-refractivity contribution in [3.05, 3.63) is 0 Å². The molecule has 0 spiro atoms. The van der Waals surface area contributed by atoms with Crippen LogP contribution in [0.1, 0.15) is 8.27 Å². The normalized spacial score (nSPS) is 14.4. The van der Waals surface area contributed by atoms with E-state index in [9.17, 15) is 0 Å². The van der Waals surface area contributed by atoms with E-state index >= 15 is 0 Å². The van der Waals surface area contributed by atoms with Gasteiger partial charge in [0.1, 0.15) is 5.84 Å². The Bertz CT molecular complexity index is 62.6. The van der Waals surface area contributed by atoms with E-state index in [0.29, 0.717) is 0 Å². The fraction of sp³-hybridized carbons (Fsp3) is 0.500. The number of amidine groups is 1. The molecule has 0 saturated heterocycles. The van der Waals surface area contributed by atoms with Gasteiger partial charge in [0.15, 0.2) is 0 Å². The van der Waals surface area contributed by atoms with Crippen molar-refractivity contribution in [2.24, 2.45) is 10.9 Å². The fourth-order valence-corrected chi connectivity index (χ4v) is 0. The number of hydrogen-bond acceptors (Lipinski definition) is 2. The second-order valence-electron chi connectivity index (χ2n) is 0.591. The molecule has 3 N–H and O–H groups in total. The molecule has 0 aliphatic heterocycles. The summed E-state index contributed by atoms with van der Waals surface area (Å²) in [5.74, 6) is -0.0602. The van der Waals surface area contributed by atoms with Crippen LogP contribution in [0.3, 0.4) is 0 Å². The highest BCUT2D eigenvalue weighted by Crippen LogP contribution is 1.51. The van der Waals surface area contributed by atoms with E-state index in [1.165, 1.54) is 0 Å². The Kier molecular flexibility index (Phi) is 0.789. The van der Waals surface area contributed by atoms with Gasteiger partial charge in [0.05, 0.1) is 0 Å². The third-order valence-electron chi connectivity index (χ3n) is 0.128. The zero-order valence-corrected chi connectivity index (χ0v) is 2.68. The third-order valence-corrected chi connectivity index (χ3v) is 0.128. The van der Waals surface area contributed by atoms with Crippen LogP contribution in [0, 0.1) is 0 Å². The average Bonchev–Trinajstić information content (AvgIpc) is 1.65. The SMILES string of the molecule is [2H]CC(N)=NO. The third kappa shape index (κ3) is 3.27. The number of nitrogens with two attached hydrogens (primary N) is 1. The molecule has 0 aromatic carbocycles. The van der Waals surface area contributed by atoms with E-state index in [1.54, 1.807) is 0 Å². The number of rotatable bonds is 0. The predicted octanol–water partition coefficient (Wildman–Crippen LogP) is -0.247. The Labute approximate surface area is 31.5 Å². The summed E-state index contributed by atoms with van der Waals surface area (Å²) in [6.07, 6.45) is 0. The minimum absolute atomic E-state index is 0.0602. The molecule has 0 aliphatic rings. The maximum atomic E-state index is 7.68. The van der Waals surface area contributed by atoms with Crippen molar-refractivity contribution >= 4 is 5.84 Å². The van der Waals surface area contributed by atoms with Gasteiger partial charge in [-0.3, -0.25) is 0 Å². The van der Waals surface area contributed by atoms with E-state index in [4.69, 9.17) is 12.3 Å². The molecule has 0 radical (unpaired) electrons. The van der Waals surface area contributed by atoms with Crippen molar-refractivity contribution in [1.29, 1.82) is 0 Å². The quantitative estimate of drug-likeness (QED) is 0.180. The van der Waals surface area contributed by atoms with Crippen molar-refractivity contribution < 1.29 is 6.58 Å². The van der Waals surface area contributed by atoms with Crippen LogP contribution in [0.15, 0.2) is 5.16 Å². The monoisotopic (exact) mass is 75.1 g/mol. The van der Waals surface area contributed by atoms with Crippen molar-refractivity contribution in [2.75, 3.05) is 0 Å². The zero-order valence-electron chi connectivity index (χ0n) is 3.68. The zero-order chi connectivity index (χ0) is 4.99. The second kappa shape index (κ2) is 1.58. The van der Waals surface area contributed by atoms with E-state index in [-0.39, 0.29) is 12.7 Å². The molecule has 30 valence electrons. The van der Waals surface area contributed by atoms with Crippen LogP contribution in [-0.2, 0) is 0 Å². The Morgan fingerprint density at radius 1 is 2.40 bits per heavy atom. The molecule has 0 heterocycles. The van der Waals surface area contributed by atoms with Crippen molar-refractivity contribution in [3.8, 4) is 0 Å². The van der Waals surface area contributed by atoms with Crippen molar-refractivity contribution in [3.63, 3.8) is 0 Å². The minimum atomic E-state index is -0.142. The molecule has 0 aliphatic carbocycles. The molecule has 0 aromatic rings. The molecule has 0 unspecified atom stereocenters. The van der Waals surface area contributed by atoms with Gasteiger partial charge in [0.2, 0.25) is 0 Å². The maximum absolute atomic E-state index is 7.68. The summed E-state index contributed by atoms with van der Waals surface area (Å²) in [5.41, 5.74) is 4.78. The van der Waals surface area contributed by atoms with Gasteiger partial charge in [0, 0.05) is 1.37 Å². The van der Waals surface area contributed by atoms with E-state index < -0.39 is 0 Å². The first-order valence-electron chi connectivity index (χ1n) is 1.77. The van der Waals surface area contributed by atoms with Gasteiger partial charge in [-0.1, -0.05) is 5.16 Å². The summed E-state index contributed by atoms with van der Waals surface area (Å²) in [5, 5.41) is 10.2. The maximum Gasteiger partial charge on any atom is 0.135 e. The number of oxime groups is 1. The Morgan fingerprint density at radius 2 is 3.00 bits per heavy atom. The summed E-state index contributed by atoms with van der Waals surface area (Å²) in [4.78, 5) is 0. The molecule has 0 amide bonds. The van der Waals surface area contributed by atoms with Crippen LogP contribution in [-0.4, -0.2) is 11.0 Å². The van der Waals surface area contributed by atoms with Gasteiger partial charge in [-0.05, 0) is 6.90 Å². The smallest absolute Gasteiger partial charge is 0.135 e. The first-order chi connectivity index (χ1) is 2.81. The lowest BCUT2D eigenvalue weighted by atomic mass is 10.7. The molecule has 0 bridgehead atoms. The molecule has 0 saturated carbocycles. The van der Waals surface area contributed by atoms with Gasteiger partial charge < -0.3 is 10.9 Å². The topological polar surface area (TPSA) is 58.6 Å². The van der Waals surface area contributed by atoms with Gasteiger partial charge in [0.25, 0.3) is 0 Å². The lowest BCUT2D eigenvalue weighted by molar-refractivity contribution is 0.318. The number of hydrogen-bond donors (Lipinski definition) is 2. The lowest BCUT2D eigenvalue weighted by Crippen LogP contribution is -2.03. The van der Waals surface area contributed by atoms with Gasteiger partial charge in [-0.25, -0.2) is 0 Å². The number of nitrogens with zero attached hydrogens (tertiary/aromatic N) is 1. The molecule has 0 fully saturated rings.